The highest BCUT2D eigenvalue weighted by atomic mass is 16.3. The van der Waals surface area contributed by atoms with E-state index in [9.17, 15) is 0 Å². The van der Waals surface area contributed by atoms with Crippen LogP contribution in [0.2, 0.25) is 0 Å². The smallest absolute Gasteiger partial charge is 0.159 e. The Morgan fingerprint density at radius 1 is 0.300 bits per heavy atom. The van der Waals surface area contributed by atoms with Crippen LogP contribution in [0, 0.1) is 23.7 Å². The molecule has 14 rings (SSSR count). The first-order valence-electron chi connectivity index (χ1n) is 29.2. The van der Waals surface area contributed by atoms with Crippen molar-refractivity contribution >= 4 is 132 Å². The molecule has 0 saturated heterocycles. The molecule has 0 aliphatic carbocycles. The summed E-state index contributed by atoms with van der Waals surface area (Å²) >= 11 is 0. The number of nitrogens with zero attached hydrogens (tertiary/aromatic N) is 2. The van der Waals surface area contributed by atoms with Gasteiger partial charge in [-0.25, -0.2) is 0 Å². The fourth-order valence-corrected chi connectivity index (χ4v) is 13.4. The van der Waals surface area contributed by atoms with E-state index in [0.29, 0.717) is 23.7 Å². The molecule has 0 radical (unpaired) electrons. The van der Waals surface area contributed by atoms with Crippen molar-refractivity contribution in [1.82, 2.24) is 0 Å². The van der Waals surface area contributed by atoms with Crippen LogP contribution in [0.1, 0.15) is 77.6 Å². The molecule has 0 saturated carbocycles. The lowest BCUT2D eigenvalue weighted by Crippen LogP contribution is -2.15. The summed E-state index contributed by atoms with van der Waals surface area (Å²) < 4.78 is 14.1. The third kappa shape index (κ3) is 8.33. The van der Waals surface area contributed by atoms with Gasteiger partial charge >= 0.3 is 0 Å². The van der Waals surface area contributed by atoms with Crippen LogP contribution in [-0.2, 0) is 25.7 Å². The zero-order valence-electron chi connectivity index (χ0n) is 47.3. The fraction of sp³-hybridized carbons (Fsp3) is 0.211. The first-order valence-corrected chi connectivity index (χ1v) is 29.2. The number of furan rings is 2. The molecule has 12 aromatic carbocycles. The van der Waals surface area contributed by atoms with E-state index in [-0.39, 0.29) is 0 Å². The summed E-state index contributed by atoms with van der Waals surface area (Å²) in [5, 5.41) is 16.7. The molecule has 0 fully saturated rings. The fourth-order valence-electron chi connectivity index (χ4n) is 13.4. The Hall–Kier alpha value is -8.60. The van der Waals surface area contributed by atoms with Crippen molar-refractivity contribution in [2.75, 3.05) is 9.80 Å². The van der Waals surface area contributed by atoms with E-state index in [1.165, 1.54) is 87.5 Å². The molecule has 0 amide bonds. The van der Waals surface area contributed by atoms with E-state index in [1.807, 2.05) is 0 Å². The lowest BCUT2D eigenvalue weighted by molar-refractivity contribution is 0.646. The Kier molecular flexibility index (Phi) is 12.2. The molecule has 0 atom stereocenters. The van der Waals surface area contributed by atoms with Gasteiger partial charge in [-0.1, -0.05) is 201 Å². The van der Waals surface area contributed by atoms with Gasteiger partial charge in [0.05, 0.1) is 34.1 Å². The summed E-state index contributed by atoms with van der Waals surface area (Å²) in [6, 6.07) is 73.1. The average Bonchev–Trinajstić information content (AvgIpc) is 4.08. The highest BCUT2D eigenvalue weighted by Crippen LogP contribution is 2.53. The molecule has 4 nitrogen and oxygen atoms in total. The highest BCUT2D eigenvalue weighted by molar-refractivity contribution is 6.29. The number of fused-ring (bicyclic) bond motifs is 8. The number of hydrogen-bond acceptors (Lipinski definition) is 4. The molecule has 14 aromatic rings. The van der Waals surface area contributed by atoms with Crippen molar-refractivity contribution in [2.45, 2.75) is 81.1 Å². The van der Waals surface area contributed by atoms with Crippen molar-refractivity contribution in [3.8, 4) is 0 Å². The quantitative estimate of drug-likeness (QED) is 0.102. The summed E-state index contributed by atoms with van der Waals surface area (Å²) in [7, 11) is 0. The second-order valence-corrected chi connectivity index (χ2v) is 24.4. The van der Waals surface area contributed by atoms with Crippen molar-refractivity contribution in [3.63, 3.8) is 0 Å². The third-order valence-corrected chi connectivity index (χ3v) is 16.6. The van der Waals surface area contributed by atoms with Gasteiger partial charge in [0.1, 0.15) is 11.2 Å². The topological polar surface area (TPSA) is 32.8 Å². The molecule has 0 spiro atoms. The van der Waals surface area contributed by atoms with Gasteiger partial charge in [0.25, 0.3) is 0 Å². The SMILES string of the molecule is CC(C)Cc1ccc2ccc(CC(C)C)c(N(c3ccc4ccc5c(N(c6c(CC(C)C)ccc7ccc(CC(C)C)cc67)c6cccc7c6oc6ccccc67)ccc6ccc3c4c65)c3cccc4c3oc3ccccc34)c2c1. The van der Waals surface area contributed by atoms with Crippen LogP contribution in [0.4, 0.5) is 34.1 Å². The highest BCUT2D eigenvalue weighted by Gasteiger charge is 2.30. The maximum Gasteiger partial charge on any atom is 0.159 e. The number of hydrogen-bond donors (Lipinski definition) is 0. The summed E-state index contributed by atoms with van der Waals surface area (Å²) in [6.07, 6.45) is 3.84. The molecule has 394 valence electrons. The van der Waals surface area contributed by atoms with Gasteiger partial charge in [0.15, 0.2) is 11.2 Å². The Bertz CT molecular complexity index is 4390. The number of para-hydroxylation sites is 4. The van der Waals surface area contributed by atoms with Gasteiger partial charge in [-0.15, -0.1) is 0 Å². The van der Waals surface area contributed by atoms with Gasteiger partial charge in [0.2, 0.25) is 0 Å². The molecule has 0 unspecified atom stereocenters. The predicted molar refractivity (Wildman–Crippen MR) is 343 cm³/mol. The maximum atomic E-state index is 7.05. The first kappa shape index (κ1) is 49.7. The minimum Gasteiger partial charge on any atom is -0.454 e. The van der Waals surface area contributed by atoms with E-state index in [2.05, 4.69) is 259 Å². The number of anilines is 6. The monoisotopic (exact) mass is 1040 g/mol. The van der Waals surface area contributed by atoms with Crippen molar-refractivity contribution in [2.24, 2.45) is 23.7 Å². The minimum absolute atomic E-state index is 0.423. The molecule has 0 bridgehead atoms. The van der Waals surface area contributed by atoms with Crippen LogP contribution < -0.4 is 9.80 Å². The largest absolute Gasteiger partial charge is 0.454 e. The summed E-state index contributed by atoms with van der Waals surface area (Å²) in [6.45, 7) is 18.6. The Morgan fingerprint density at radius 2 is 0.675 bits per heavy atom. The molecule has 80 heavy (non-hydrogen) atoms. The van der Waals surface area contributed by atoms with Crippen LogP contribution in [0.5, 0.6) is 0 Å². The standard InChI is InChI=1S/C76H68N2O2/c1-45(2)39-49-23-25-51-27-29-55(41-47(5)6)73(63(51)43-49)77(67-19-13-17-59-57-15-9-11-21-69(57)79-75(59)67)65-37-33-53-32-36-62-66(38-34-54-31-35-61(65)71(53)72(54)62)78(68-20-14-18-60-58-16-10-12-22-70(58)80-76(60)68)74-56(42-48(7)8)30-28-52-26-24-50(40-46(3)4)44-64(52)74/h9-38,43-48H,39-42H2,1-8H3. The van der Waals surface area contributed by atoms with Gasteiger partial charge in [-0.05, 0) is 152 Å². The summed E-state index contributed by atoms with van der Waals surface area (Å²) in [4.78, 5) is 5.16. The summed E-state index contributed by atoms with van der Waals surface area (Å²) in [5.41, 5.74) is 15.6. The molecule has 4 heteroatoms. The first-order chi connectivity index (χ1) is 38.9. The van der Waals surface area contributed by atoms with Gasteiger partial charge < -0.3 is 18.6 Å². The van der Waals surface area contributed by atoms with Crippen LogP contribution in [0.25, 0.3) is 97.7 Å². The molecule has 2 heterocycles. The molecule has 0 aliphatic rings. The van der Waals surface area contributed by atoms with Crippen LogP contribution in [-0.4, -0.2) is 0 Å². The average molecular weight is 1040 g/mol. The van der Waals surface area contributed by atoms with E-state index < -0.39 is 0 Å². The Labute approximate surface area is 469 Å². The summed E-state index contributed by atoms with van der Waals surface area (Å²) in [5.74, 6) is 1.88. The normalized spacial score (nSPS) is 12.4. The predicted octanol–water partition coefficient (Wildman–Crippen LogP) is 22.4. The molecular weight excluding hydrogens is 973 g/mol. The van der Waals surface area contributed by atoms with Gasteiger partial charge in [0, 0.05) is 43.1 Å². The Balaban J connectivity index is 1.09. The number of rotatable bonds is 14. The van der Waals surface area contributed by atoms with Crippen molar-refractivity contribution in [1.29, 1.82) is 0 Å². The second-order valence-electron chi connectivity index (χ2n) is 24.4. The van der Waals surface area contributed by atoms with Gasteiger partial charge in [-0.3, -0.25) is 0 Å². The third-order valence-electron chi connectivity index (χ3n) is 16.6. The van der Waals surface area contributed by atoms with E-state index in [1.54, 1.807) is 0 Å². The van der Waals surface area contributed by atoms with Crippen LogP contribution in [0.3, 0.4) is 0 Å². The van der Waals surface area contributed by atoms with E-state index in [4.69, 9.17) is 8.83 Å². The van der Waals surface area contributed by atoms with Crippen molar-refractivity contribution in [3.05, 3.63) is 216 Å². The van der Waals surface area contributed by atoms with Crippen molar-refractivity contribution < 1.29 is 8.83 Å². The number of benzene rings is 12. The zero-order valence-corrected chi connectivity index (χ0v) is 47.3. The molecule has 0 aliphatic heterocycles. The van der Waals surface area contributed by atoms with E-state index >= 15 is 0 Å². The Morgan fingerprint density at radius 3 is 1.10 bits per heavy atom. The minimum atomic E-state index is 0.423. The lowest BCUT2D eigenvalue weighted by atomic mass is 9.90. The molecule has 0 N–H and O–H groups in total. The van der Waals surface area contributed by atoms with Crippen LogP contribution >= 0.6 is 0 Å². The molecular formula is C76H68N2O2. The second kappa shape index (κ2) is 19.6. The zero-order chi connectivity index (χ0) is 54.5. The lowest BCUT2D eigenvalue weighted by Gasteiger charge is -2.32. The van der Waals surface area contributed by atoms with Crippen LogP contribution in [0.15, 0.2) is 203 Å². The maximum absolute atomic E-state index is 7.05. The van der Waals surface area contributed by atoms with Gasteiger partial charge in [-0.2, -0.15) is 0 Å². The molecule has 2 aromatic heterocycles. The van der Waals surface area contributed by atoms with E-state index in [0.717, 1.165) is 92.3 Å².